The standard InChI is InChI=1S/C24H16ClF2N3O3S/c25-17-11-14(5-10-20(17)33-13-22(31)29-19-4-2-1-3-18(19)27)12-21-23(32)30-24(34-21)28-16-8-6-15(26)7-9-16/h1-12H,13H2,(H,29,31)(H,28,30,32)/b21-12-. The Morgan fingerprint density at radius 1 is 1.12 bits per heavy atom. The molecule has 3 aromatic rings. The first-order valence-electron chi connectivity index (χ1n) is 9.89. The van der Waals surface area contributed by atoms with E-state index < -0.39 is 11.7 Å². The summed E-state index contributed by atoms with van der Waals surface area (Å²) in [5.41, 5.74) is 1.20. The second-order valence-electron chi connectivity index (χ2n) is 6.96. The van der Waals surface area contributed by atoms with Gasteiger partial charge in [0.25, 0.3) is 11.8 Å². The Balaban J connectivity index is 1.38. The zero-order valence-corrected chi connectivity index (χ0v) is 18.9. The molecule has 0 aromatic heterocycles. The molecule has 2 N–H and O–H groups in total. The van der Waals surface area contributed by atoms with Crippen molar-refractivity contribution in [2.45, 2.75) is 0 Å². The highest BCUT2D eigenvalue weighted by Gasteiger charge is 2.24. The molecular weight excluding hydrogens is 484 g/mol. The summed E-state index contributed by atoms with van der Waals surface area (Å²) in [6, 6.07) is 16.2. The molecular formula is C24H16ClF2N3O3S. The van der Waals surface area contributed by atoms with Crippen LogP contribution in [0.15, 0.2) is 76.6 Å². The van der Waals surface area contributed by atoms with E-state index in [2.05, 4.69) is 15.6 Å². The molecule has 0 atom stereocenters. The molecule has 0 unspecified atom stereocenters. The quantitative estimate of drug-likeness (QED) is 0.437. The first kappa shape index (κ1) is 23.5. The molecule has 1 aliphatic rings. The van der Waals surface area contributed by atoms with E-state index in [0.29, 0.717) is 21.3 Å². The van der Waals surface area contributed by atoms with E-state index in [1.165, 1.54) is 42.5 Å². The minimum Gasteiger partial charge on any atom is -0.482 e. The molecule has 0 spiro atoms. The molecule has 34 heavy (non-hydrogen) atoms. The van der Waals surface area contributed by atoms with Gasteiger partial charge < -0.3 is 15.4 Å². The lowest BCUT2D eigenvalue weighted by atomic mass is 10.2. The fraction of sp³-hybridized carbons (Fsp3) is 0.0417. The van der Waals surface area contributed by atoms with Crippen LogP contribution in [0.5, 0.6) is 5.75 Å². The lowest BCUT2D eigenvalue weighted by Gasteiger charge is -2.10. The molecule has 10 heteroatoms. The maximum atomic E-state index is 13.6. The number of benzene rings is 3. The molecule has 2 amide bonds. The summed E-state index contributed by atoms with van der Waals surface area (Å²) in [5, 5.41) is 5.68. The van der Waals surface area contributed by atoms with Gasteiger partial charge in [0.05, 0.1) is 21.3 Å². The van der Waals surface area contributed by atoms with Crippen LogP contribution in [-0.4, -0.2) is 23.6 Å². The Bertz CT molecular complexity index is 1310. The summed E-state index contributed by atoms with van der Waals surface area (Å²) in [6.07, 6.45) is 1.63. The van der Waals surface area contributed by atoms with Gasteiger partial charge in [-0.15, -0.1) is 0 Å². The molecule has 6 nitrogen and oxygen atoms in total. The van der Waals surface area contributed by atoms with Crippen molar-refractivity contribution in [3.05, 3.63) is 93.9 Å². The van der Waals surface area contributed by atoms with Crippen LogP contribution in [0.2, 0.25) is 5.02 Å². The molecule has 1 fully saturated rings. The van der Waals surface area contributed by atoms with Gasteiger partial charge >= 0.3 is 0 Å². The van der Waals surface area contributed by atoms with Gasteiger partial charge in [0.1, 0.15) is 17.4 Å². The number of nitrogens with zero attached hydrogens (tertiary/aromatic N) is 1. The summed E-state index contributed by atoms with van der Waals surface area (Å²) in [7, 11) is 0. The molecule has 172 valence electrons. The normalized spacial score (nSPS) is 15.4. The molecule has 1 aliphatic heterocycles. The van der Waals surface area contributed by atoms with Crippen LogP contribution in [0, 0.1) is 11.6 Å². The van der Waals surface area contributed by atoms with E-state index in [9.17, 15) is 18.4 Å². The number of carbonyl (C=O) groups excluding carboxylic acids is 2. The third kappa shape index (κ3) is 6.00. The van der Waals surface area contributed by atoms with Gasteiger partial charge in [-0.2, -0.15) is 0 Å². The number of aliphatic imine (C=N–C) groups is 1. The second-order valence-corrected chi connectivity index (χ2v) is 8.40. The lowest BCUT2D eigenvalue weighted by molar-refractivity contribution is -0.118. The van der Waals surface area contributed by atoms with Gasteiger partial charge in [-0.05, 0) is 71.9 Å². The van der Waals surface area contributed by atoms with Gasteiger partial charge in [0, 0.05) is 0 Å². The van der Waals surface area contributed by atoms with Crippen molar-refractivity contribution in [3.63, 3.8) is 0 Å². The van der Waals surface area contributed by atoms with E-state index in [4.69, 9.17) is 16.3 Å². The number of thioether (sulfide) groups is 1. The van der Waals surface area contributed by atoms with Crippen molar-refractivity contribution in [2.75, 3.05) is 11.9 Å². The fourth-order valence-electron chi connectivity index (χ4n) is 2.88. The van der Waals surface area contributed by atoms with Crippen molar-refractivity contribution < 1.29 is 23.1 Å². The minimum atomic E-state index is -0.550. The van der Waals surface area contributed by atoms with Crippen LogP contribution < -0.4 is 15.4 Å². The lowest BCUT2D eigenvalue weighted by Crippen LogP contribution is -2.20. The van der Waals surface area contributed by atoms with Gasteiger partial charge in [0.15, 0.2) is 11.8 Å². The number of amides is 2. The summed E-state index contributed by atoms with van der Waals surface area (Å²) in [5.74, 6) is -1.53. The first-order valence-corrected chi connectivity index (χ1v) is 11.1. The number of nitrogens with one attached hydrogen (secondary N) is 2. The SMILES string of the molecule is O=C(COc1ccc(/C=C2\SC(=Nc3ccc(F)cc3)NC2=O)cc1Cl)Nc1ccccc1F. The van der Waals surface area contributed by atoms with E-state index in [1.54, 1.807) is 30.3 Å². The smallest absolute Gasteiger partial charge is 0.264 e. The van der Waals surface area contributed by atoms with Crippen molar-refractivity contribution in [2.24, 2.45) is 4.99 Å². The highest BCUT2D eigenvalue weighted by atomic mass is 35.5. The number of carbonyl (C=O) groups is 2. The van der Waals surface area contributed by atoms with Crippen molar-refractivity contribution in [3.8, 4) is 5.75 Å². The predicted molar refractivity (Wildman–Crippen MR) is 129 cm³/mol. The van der Waals surface area contributed by atoms with E-state index >= 15 is 0 Å². The topological polar surface area (TPSA) is 79.8 Å². The number of para-hydroxylation sites is 1. The Morgan fingerprint density at radius 3 is 2.62 bits per heavy atom. The number of hydrogen-bond donors (Lipinski definition) is 2. The third-order valence-electron chi connectivity index (χ3n) is 4.47. The third-order valence-corrected chi connectivity index (χ3v) is 5.67. The average Bonchev–Trinajstić information content (AvgIpc) is 3.14. The fourth-order valence-corrected chi connectivity index (χ4v) is 3.97. The van der Waals surface area contributed by atoms with Crippen molar-refractivity contribution >= 4 is 57.8 Å². The van der Waals surface area contributed by atoms with Crippen LogP contribution in [0.4, 0.5) is 20.2 Å². The first-order chi connectivity index (χ1) is 16.4. The summed E-state index contributed by atoms with van der Waals surface area (Å²) >= 11 is 7.40. The maximum Gasteiger partial charge on any atom is 0.264 e. The average molecular weight is 500 g/mol. The molecule has 1 heterocycles. The molecule has 1 saturated heterocycles. The molecule has 4 rings (SSSR count). The van der Waals surface area contributed by atoms with Gasteiger partial charge in [0.2, 0.25) is 0 Å². The van der Waals surface area contributed by atoms with Gasteiger partial charge in [-0.1, -0.05) is 29.8 Å². The van der Waals surface area contributed by atoms with E-state index in [-0.39, 0.29) is 34.8 Å². The van der Waals surface area contributed by atoms with Crippen LogP contribution >= 0.6 is 23.4 Å². The van der Waals surface area contributed by atoms with Crippen LogP contribution in [-0.2, 0) is 9.59 Å². The molecule has 0 aliphatic carbocycles. The van der Waals surface area contributed by atoms with Crippen molar-refractivity contribution in [1.29, 1.82) is 0 Å². The molecule has 3 aromatic carbocycles. The molecule has 0 saturated carbocycles. The number of ether oxygens (including phenoxy) is 1. The molecule has 0 bridgehead atoms. The number of rotatable bonds is 6. The number of hydrogen-bond acceptors (Lipinski definition) is 5. The van der Waals surface area contributed by atoms with Crippen LogP contribution in [0.1, 0.15) is 5.56 Å². The summed E-state index contributed by atoms with van der Waals surface area (Å²) < 4.78 is 32.1. The van der Waals surface area contributed by atoms with Crippen LogP contribution in [0.3, 0.4) is 0 Å². The van der Waals surface area contributed by atoms with E-state index in [0.717, 1.165) is 11.8 Å². The maximum absolute atomic E-state index is 13.6. The Hall–Kier alpha value is -3.69. The number of halogens is 3. The highest BCUT2D eigenvalue weighted by Crippen LogP contribution is 2.31. The zero-order valence-electron chi connectivity index (χ0n) is 17.3. The minimum absolute atomic E-state index is 0.0545. The summed E-state index contributed by atoms with van der Waals surface area (Å²) in [4.78, 5) is 29.0. The van der Waals surface area contributed by atoms with E-state index in [1.807, 2.05) is 0 Å². The van der Waals surface area contributed by atoms with Gasteiger partial charge in [-0.25, -0.2) is 13.8 Å². The predicted octanol–water partition coefficient (Wildman–Crippen LogP) is 5.53. The number of anilines is 1. The Labute approximate surface area is 202 Å². The van der Waals surface area contributed by atoms with Crippen molar-refractivity contribution in [1.82, 2.24) is 5.32 Å². The highest BCUT2D eigenvalue weighted by molar-refractivity contribution is 8.18. The Morgan fingerprint density at radius 2 is 1.88 bits per heavy atom. The largest absolute Gasteiger partial charge is 0.482 e. The van der Waals surface area contributed by atoms with Gasteiger partial charge in [-0.3, -0.25) is 9.59 Å². The number of amidine groups is 1. The van der Waals surface area contributed by atoms with Crippen LogP contribution in [0.25, 0.3) is 6.08 Å². The second kappa shape index (κ2) is 10.5. The Kier molecular flexibility index (Phi) is 7.24. The monoisotopic (exact) mass is 499 g/mol. The zero-order chi connectivity index (χ0) is 24.1. The molecule has 0 radical (unpaired) electrons. The summed E-state index contributed by atoms with van der Waals surface area (Å²) in [6.45, 7) is -0.365.